The number of aliphatic hydroxyl groups is 1. The van der Waals surface area contributed by atoms with Crippen molar-refractivity contribution in [2.45, 2.75) is 80.0 Å². The van der Waals surface area contributed by atoms with Gasteiger partial charge >= 0.3 is 20.8 Å². The van der Waals surface area contributed by atoms with Gasteiger partial charge in [0.2, 0.25) is 11.6 Å². The first kappa shape index (κ1) is 35.1. The maximum Gasteiger partial charge on any atom is 0.446 e. The van der Waals surface area contributed by atoms with Crippen LogP contribution in [0.15, 0.2) is 53.1 Å². The molecule has 2 fully saturated rings. The summed E-state index contributed by atoms with van der Waals surface area (Å²) in [6.07, 6.45) is 4.79. The number of hydrogen-bond donors (Lipinski definition) is 4. The Balaban J connectivity index is 1.20. The highest BCUT2D eigenvalue weighted by atomic mass is 32.3. The molecule has 11 rings (SSSR count). The van der Waals surface area contributed by atoms with E-state index in [0.29, 0.717) is 29.5 Å². The van der Waals surface area contributed by atoms with Gasteiger partial charge in [-0.1, -0.05) is 20.3 Å². The number of carbonyl (C=O) groups excluding carboxylic acids is 2. The van der Waals surface area contributed by atoms with E-state index in [9.17, 15) is 45.7 Å². The molecule has 5 aromatic rings. The molecule has 1 aromatic heterocycles. The summed E-state index contributed by atoms with van der Waals surface area (Å²) in [5, 5.41) is 24.1. The standard InChI is InChI=1S/C40H32O15S2/c1-36-8-3-5-18-16-51-34(31(18)36)32(42)23-12-22-21(13-25(23)36)30(55-57(48,49)50)15-27-33(22)53-40-37(2)9-4-10-38(27,40)17-52-39(40,44)35(43)24-11-19-20(14-26(24)37)29(7-6-28(19)41)54-56(45,46)47/h6-7,11-16,41,44H,3-5,8-10,17H2,1-2H3,(H,45,46,47)(H,48,49,50)/t36-,37-,38+,39+,40-/m0/s1. The van der Waals surface area contributed by atoms with Gasteiger partial charge in [0.25, 0.3) is 5.79 Å². The SMILES string of the molecule is C[C@@]12CCCc3coc(c31)C(=O)c1cc3c4c(cc(OS(=O)(=O)O)c3cc12)[C@@]12CCC[C@@]3(C)c5cc6c(OS(=O)(=O)O)ccc(O)c6cc5C(=O)[C@@](O)(OC1)[C@@]23O4. The summed E-state index contributed by atoms with van der Waals surface area (Å²) in [6.45, 7) is 3.49. The average Bonchev–Trinajstić information content (AvgIpc) is 3.80. The molecule has 3 heterocycles. The molecule has 4 N–H and O–H groups in total. The van der Waals surface area contributed by atoms with E-state index in [1.807, 2.05) is 6.92 Å². The molecule has 4 aliphatic carbocycles. The predicted octanol–water partition coefficient (Wildman–Crippen LogP) is 5.27. The zero-order chi connectivity index (χ0) is 40.0. The van der Waals surface area contributed by atoms with Gasteiger partial charge in [-0.3, -0.25) is 18.7 Å². The molecule has 17 heteroatoms. The van der Waals surface area contributed by atoms with Gasteiger partial charge < -0.3 is 32.5 Å². The van der Waals surface area contributed by atoms with Crippen LogP contribution in [0.4, 0.5) is 0 Å². The number of fused-ring (bicyclic) bond motifs is 8. The van der Waals surface area contributed by atoms with E-state index in [2.05, 4.69) is 0 Å². The molecule has 6 aliphatic rings. The van der Waals surface area contributed by atoms with E-state index >= 15 is 0 Å². The highest BCUT2D eigenvalue weighted by Gasteiger charge is 2.86. The number of Topliss-reactive ketones (excluding diaryl/α,β-unsaturated/α-hetero) is 1. The van der Waals surface area contributed by atoms with Crippen LogP contribution in [0.1, 0.15) is 100 Å². The second-order valence-electron chi connectivity index (χ2n) is 16.5. The summed E-state index contributed by atoms with van der Waals surface area (Å²) in [7, 11) is -10.2. The van der Waals surface area contributed by atoms with Crippen LogP contribution in [0.2, 0.25) is 0 Å². The molecule has 0 amide bonds. The maximum atomic E-state index is 14.8. The Morgan fingerprint density at radius 1 is 0.772 bits per heavy atom. The minimum Gasteiger partial charge on any atom is -0.507 e. The van der Waals surface area contributed by atoms with E-state index in [1.165, 1.54) is 18.2 Å². The summed E-state index contributed by atoms with van der Waals surface area (Å²) in [5.41, 5.74) is -2.21. The van der Waals surface area contributed by atoms with Crippen LogP contribution in [0.25, 0.3) is 21.5 Å². The number of furan rings is 1. The number of rotatable bonds is 4. The number of phenols is 1. The van der Waals surface area contributed by atoms with Crippen molar-refractivity contribution in [3.63, 3.8) is 0 Å². The number of hydrogen-bond acceptors (Lipinski definition) is 13. The average molecular weight is 817 g/mol. The third-order valence-electron chi connectivity index (χ3n) is 13.9. The lowest BCUT2D eigenvalue weighted by Gasteiger charge is -2.59. The number of aromatic hydroxyl groups is 1. The van der Waals surface area contributed by atoms with Crippen molar-refractivity contribution >= 4 is 53.9 Å². The predicted molar refractivity (Wildman–Crippen MR) is 197 cm³/mol. The van der Waals surface area contributed by atoms with Gasteiger partial charge in [0, 0.05) is 54.6 Å². The van der Waals surface area contributed by atoms with Gasteiger partial charge in [-0.2, -0.15) is 16.8 Å². The molecule has 1 spiro atoms. The molecule has 57 heavy (non-hydrogen) atoms. The van der Waals surface area contributed by atoms with Crippen molar-refractivity contribution in [1.82, 2.24) is 0 Å². The van der Waals surface area contributed by atoms with Crippen molar-refractivity contribution in [1.29, 1.82) is 0 Å². The normalized spacial score (nSPS) is 30.5. The quantitative estimate of drug-likeness (QED) is 0.169. The van der Waals surface area contributed by atoms with Crippen LogP contribution < -0.4 is 13.1 Å². The summed E-state index contributed by atoms with van der Waals surface area (Å²) >= 11 is 0. The fourth-order valence-electron chi connectivity index (χ4n) is 11.8. The fourth-order valence-corrected chi connectivity index (χ4v) is 12.5. The van der Waals surface area contributed by atoms with Crippen molar-refractivity contribution in [3.05, 3.63) is 93.4 Å². The molecule has 294 valence electrons. The Hall–Kier alpha value is -5.04. The van der Waals surface area contributed by atoms with E-state index in [4.69, 9.17) is 22.3 Å². The van der Waals surface area contributed by atoms with Crippen LogP contribution in [-0.2, 0) is 48.2 Å². The van der Waals surface area contributed by atoms with Gasteiger partial charge in [-0.15, -0.1) is 0 Å². The number of ketones is 2. The number of benzene rings is 4. The minimum atomic E-state index is -5.12. The Kier molecular flexibility index (Phi) is 6.37. The Bertz CT molecular complexity index is 3020. The van der Waals surface area contributed by atoms with E-state index in [-0.39, 0.29) is 86.7 Å². The number of ether oxygens (including phenoxy) is 2. The van der Waals surface area contributed by atoms with Crippen molar-refractivity contribution in [2.24, 2.45) is 0 Å². The summed E-state index contributed by atoms with van der Waals surface area (Å²) in [5.74, 6) is -4.56. The highest BCUT2D eigenvalue weighted by Crippen LogP contribution is 2.74. The molecule has 5 atom stereocenters. The van der Waals surface area contributed by atoms with Crippen LogP contribution in [0.5, 0.6) is 23.0 Å². The molecule has 4 aromatic carbocycles. The second-order valence-corrected chi connectivity index (χ2v) is 18.6. The monoisotopic (exact) mass is 816 g/mol. The molecular weight excluding hydrogens is 785 g/mol. The zero-order valence-corrected chi connectivity index (χ0v) is 31.8. The molecule has 0 bridgehead atoms. The topological polar surface area (TPSA) is 233 Å². The van der Waals surface area contributed by atoms with Crippen molar-refractivity contribution in [2.75, 3.05) is 6.61 Å². The van der Waals surface area contributed by atoms with Gasteiger partial charge in [0.15, 0.2) is 22.9 Å². The zero-order valence-electron chi connectivity index (χ0n) is 30.2. The Morgan fingerprint density at radius 2 is 1.47 bits per heavy atom. The molecule has 0 unspecified atom stereocenters. The van der Waals surface area contributed by atoms with E-state index in [1.54, 1.807) is 25.3 Å². The lowest BCUT2D eigenvalue weighted by Crippen LogP contribution is -2.77. The third kappa shape index (κ3) is 3.99. The Labute approximate surface area is 324 Å². The lowest BCUT2D eigenvalue weighted by atomic mass is 9.45. The largest absolute Gasteiger partial charge is 0.507 e. The van der Waals surface area contributed by atoms with Gasteiger partial charge in [0.1, 0.15) is 11.5 Å². The summed E-state index contributed by atoms with van der Waals surface area (Å²) in [4.78, 5) is 29.1. The summed E-state index contributed by atoms with van der Waals surface area (Å²) < 4.78 is 97.8. The second kappa shape index (κ2) is 10.3. The lowest BCUT2D eigenvalue weighted by molar-refractivity contribution is -0.240. The molecule has 15 nitrogen and oxygen atoms in total. The highest BCUT2D eigenvalue weighted by molar-refractivity contribution is 7.81. The molecule has 2 aliphatic heterocycles. The van der Waals surface area contributed by atoms with Crippen LogP contribution in [0.3, 0.4) is 0 Å². The molecule has 1 saturated heterocycles. The van der Waals surface area contributed by atoms with Crippen molar-refractivity contribution < 1.29 is 68.0 Å². The van der Waals surface area contributed by atoms with Crippen LogP contribution in [0, 0.1) is 0 Å². The first-order valence-corrected chi connectivity index (χ1v) is 21.1. The van der Waals surface area contributed by atoms with Crippen LogP contribution >= 0.6 is 0 Å². The number of phenolic OH excluding ortho intramolecular Hbond substituents is 1. The van der Waals surface area contributed by atoms with E-state index < -0.39 is 54.2 Å². The fraction of sp³-hybridized carbons (Fsp3) is 0.350. The molecular formula is C40H32O15S2. The van der Waals surface area contributed by atoms with Gasteiger partial charge in [-0.25, -0.2) is 0 Å². The number of aryl methyl sites for hydroxylation is 1. The maximum absolute atomic E-state index is 14.8. The smallest absolute Gasteiger partial charge is 0.446 e. The first-order valence-electron chi connectivity index (χ1n) is 18.3. The van der Waals surface area contributed by atoms with Crippen LogP contribution in [-0.4, -0.2) is 65.7 Å². The van der Waals surface area contributed by atoms with Crippen molar-refractivity contribution in [3.8, 4) is 23.0 Å². The molecule has 1 saturated carbocycles. The summed E-state index contributed by atoms with van der Waals surface area (Å²) in [6, 6.07) is 9.74. The third-order valence-corrected chi connectivity index (χ3v) is 14.7. The number of carbonyl (C=O) groups is 2. The first-order chi connectivity index (χ1) is 26.8. The van der Waals surface area contributed by atoms with E-state index in [0.717, 1.165) is 36.1 Å². The van der Waals surface area contributed by atoms with Gasteiger partial charge in [-0.05, 0) is 91.3 Å². The molecule has 0 radical (unpaired) electrons. The Morgan fingerprint density at radius 3 is 2.23 bits per heavy atom. The minimum absolute atomic E-state index is 0.00645. The van der Waals surface area contributed by atoms with Gasteiger partial charge in [0.05, 0.1) is 18.3 Å².